The minimum absolute atomic E-state index is 0.360. The van der Waals surface area contributed by atoms with Crippen LogP contribution in [0.15, 0.2) is 58.0 Å². The molecule has 0 saturated carbocycles. The second kappa shape index (κ2) is 7.29. The number of nitrogens with zero attached hydrogens (tertiary/aromatic N) is 3. The van der Waals surface area contributed by atoms with E-state index in [4.69, 9.17) is 4.42 Å². The van der Waals surface area contributed by atoms with E-state index in [1.165, 1.54) is 5.56 Å². The van der Waals surface area contributed by atoms with Gasteiger partial charge in [-0.15, -0.1) is 0 Å². The lowest BCUT2D eigenvalue weighted by Gasteiger charge is -2.37. The third kappa shape index (κ3) is 3.37. The summed E-state index contributed by atoms with van der Waals surface area (Å²) in [6.45, 7) is 8.35. The van der Waals surface area contributed by atoms with Crippen molar-refractivity contribution >= 4 is 22.3 Å². The highest BCUT2D eigenvalue weighted by atomic mass is 16.4. The van der Waals surface area contributed by atoms with Gasteiger partial charge in [-0.3, -0.25) is 0 Å². The van der Waals surface area contributed by atoms with Crippen LogP contribution in [0.2, 0.25) is 0 Å². The van der Waals surface area contributed by atoms with E-state index in [1.807, 2.05) is 41.1 Å². The van der Waals surface area contributed by atoms with E-state index in [1.54, 1.807) is 0 Å². The van der Waals surface area contributed by atoms with Crippen LogP contribution in [0.1, 0.15) is 26.3 Å². The summed E-state index contributed by atoms with van der Waals surface area (Å²) in [5.74, 6) is 0. The number of aryl methyl sites for hydroxylation is 1. The maximum absolute atomic E-state index is 12.8. The Morgan fingerprint density at radius 1 is 1.13 bits per heavy atom. The number of rotatable bonds is 3. The zero-order chi connectivity index (χ0) is 20.8. The van der Waals surface area contributed by atoms with Gasteiger partial charge in [-0.25, -0.2) is 9.78 Å². The Kier molecular flexibility index (Phi) is 4.59. The van der Waals surface area contributed by atoms with Crippen LogP contribution in [-0.2, 0) is 6.42 Å². The molecule has 1 N–H and O–H groups in total. The van der Waals surface area contributed by atoms with Gasteiger partial charge in [0.2, 0.25) is 0 Å². The third-order valence-corrected chi connectivity index (χ3v) is 5.85. The number of pyridine rings is 1. The minimum Gasteiger partial charge on any atom is -0.422 e. The van der Waals surface area contributed by atoms with Gasteiger partial charge >= 0.3 is 5.63 Å². The summed E-state index contributed by atoms with van der Waals surface area (Å²) >= 11 is 0. The third-order valence-electron chi connectivity index (χ3n) is 5.85. The largest absolute Gasteiger partial charge is 0.422 e. The van der Waals surface area contributed by atoms with E-state index in [9.17, 15) is 4.79 Å². The summed E-state index contributed by atoms with van der Waals surface area (Å²) in [6, 6.07) is 12.9. The van der Waals surface area contributed by atoms with Crippen molar-refractivity contribution in [3.8, 4) is 11.3 Å². The summed E-state index contributed by atoms with van der Waals surface area (Å²) in [5, 5.41) is 4.44. The summed E-state index contributed by atoms with van der Waals surface area (Å²) in [5.41, 5.74) is 4.50. The molecular weight excluding hydrogens is 376 g/mol. The van der Waals surface area contributed by atoms with Gasteiger partial charge in [0.15, 0.2) is 0 Å². The van der Waals surface area contributed by atoms with Gasteiger partial charge in [-0.2, -0.15) is 0 Å². The Balaban J connectivity index is 1.53. The van der Waals surface area contributed by atoms with Crippen LogP contribution in [0, 0.1) is 0 Å². The second-order valence-electron chi connectivity index (χ2n) is 8.32. The molecule has 1 aromatic carbocycles. The van der Waals surface area contributed by atoms with Crippen LogP contribution in [0.3, 0.4) is 0 Å². The molecule has 3 aromatic heterocycles. The predicted octanol–water partition coefficient (Wildman–Crippen LogP) is 3.86. The van der Waals surface area contributed by atoms with E-state index < -0.39 is 0 Å². The molecule has 1 saturated heterocycles. The Labute approximate surface area is 175 Å². The molecule has 0 unspecified atom stereocenters. The number of hydrogen-bond acceptors (Lipinski definition) is 5. The average molecular weight is 402 g/mol. The first kappa shape index (κ1) is 18.9. The minimum atomic E-state index is -0.360. The normalized spacial score (nSPS) is 19.6. The van der Waals surface area contributed by atoms with Gasteiger partial charge in [0, 0.05) is 54.7 Å². The van der Waals surface area contributed by atoms with Crippen LogP contribution in [0.25, 0.3) is 27.9 Å². The van der Waals surface area contributed by atoms with Gasteiger partial charge in [0.1, 0.15) is 11.2 Å². The Morgan fingerprint density at radius 3 is 2.70 bits per heavy atom. The summed E-state index contributed by atoms with van der Waals surface area (Å²) in [6.07, 6.45) is 4.81. The number of benzene rings is 1. The number of hydrogen-bond donors (Lipinski definition) is 1. The first-order valence-corrected chi connectivity index (χ1v) is 10.6. The van der Waals surface area contributed by atoms with Crippen LogP contribution in [-0.4, -0.2) is 34.6 Å². The molecule has 0 bridgehead atoms. The molecule has 30 heavy (non-hydrogen) atoms. The molecule has 4 heterocycles. The monoisotopic (exact) mass is 402 g/mol. The predicted molar refractivity (Wildman–Crippen MR) is 120 cm³/mol. The van der Waals surface area contributed by atoms with Crippen LogP contribution < -0.4 is 15.8 Å². The molecule has 6 nitrogen and oxygen atoms in total. The van der Waals surface area contributed by atoms with E-state index in [-0.39, 0.29) is 5.63 Å². The lowest BCUT2D eigenvalue weighted by molar-refractivity contribution is 0.407. The van der Waals surface area contributed by atoms with E-state index in [2.05, 4.69) is 48.1 Å². The standard InChI is InChI=1S/C24H26N4O2/c1-4-17-7-8-27-14-21(26-23(27)9-17)20-10-18-5-6-19(11-22(18)30-24(20)29)28-12-15(2)25-16(3)13-28/h5-11,14-16,25H,4,12-13H2,1-3H3/t15-,16+. The fourth-order valence-corrected chi connectivity index (χ4v) is 4.39. The smallest absolute Gasteiger partial charge is 0.345 e. The lowest BCUT2D eigenvalue weighted by atomic mass is 10.1. The Bertz CT molecular complexity index is 1280. The van der Waals surface area contributed by atoms with Crippen LogP contribution >= 0.6 is 0 Å². The molecule has 0 amide bonds. The highest BCUT2D eigenvalue weighted by Crippen LogP contribution is 2.26. The molecule has 6 heteroatoms. The highest BCUT2D eigenvalue weighted by Gasteiger charge is 2.21. The van der Waals surface area contributed by atoms with Crippen LogP contribution in [0.4, 0.5) is 5.69 Å². The SMILES string of the molecule is CCc1ccn2cc(-c3cc4ccc(N5C[C@@H](C)N[C@@H](C)C5)cc4oc3=O)nc2c1. The number of anilines is 1. The van der Waals surface area contributed by atoms with E-state index in [0.29, 0.717) is 28.9 Å². The van der Waals surface area contributed by atoms with Crippen molar-refractivity contribution in [3.05, 3.63) is 64.8 Å². The molecule has 154 valence electrons. The summed E-state index contributed by atoms with van der Waals surface area (Å²) in [4.78, 5) is 19.8. The van der Waals surface area contributed by atoms with Crippen molar-refractivity contribution in [2.45, 2.75) is 39.3 Å². The zero-order valence-corrected chi connectivity index (χ0v) is 17.6. The summed E-state index contributed by atoms with van der Waals surface area (Å²) < 4.78 is 7.66. The first-order valence-electron chi connectivity index (χ1n) is 10.6. The molecular formula is C24H26N4O2. The quantitative estimate of drug-likeness (QED) is 0.527. The Hall–Kier alpha value is -3.12. The van der Waals surface area contributed by atoms with Gasteiger partial charge in [0.05, 0.1) is 11.3 Å². The number of aromatic nitrogens is 2. The lowest BCUT2D eigenvalue weighted by Crippen LogP contribution is -2.54. The number of fused-ring (bicyclic) bond motifs is 2. The average Bonchev–Trinajstić information content (AvgIpc) is 3.15. The number of piperazine rings is 1. The summed E-state index contributed by atoms with van der Waals surface area (Å²) in [7, 11) is 0. The molecule has 1 aliphatic heterocycles. The van der Waals surface area contributed by atoms with Crippen molar-refractivity contribution in [1.29, 1.82) is 0 Å². The van der Waals surface area contributed by atoms with Crippen molar-refractivity contribution < 1.29 is 4.42 Å². The fraction of sp³-hybridized carbons (Fsp3) is 0.333. The van der Waals surface area contributed by atoms with Crippen molar-refractivity contribution in [1.82, 2.24) is 14.7 Å². The van der Waals surface area contributed by atoms with Gasteiger partial charge < -0.3 is 19.0 Å². The molecule has 2 atom stereocenters. The topological polar surface area (TPSA) is 62.8 Å². The molecule has 0 spiro atoms. The maximum atomic E-state index is 12.8. The molecule has 1 aliphatic rings. The van der Waals surface area contributed by atoms with Crippen LogP contribution in [0.5, 0.6) is 0 Å². The van der Waals surface area contributed by atoms with Crippen molar-refractivity contribution in [3.63, 3.8) is 0 Å². The fourth-order valence-electron chi connectivity index (χ4n) is 4.39. The second-order valence-corrected chi connectivity index (χ2v) is 8.32. The van der Waals surface area contributed by atoms with E-state index >= 15 is 0 Å². The molecule has 4 aromatic rings. The van der Waals surface area contributed by atoms with Gasteiger partial charge in [0.25, 0.3) is 0 Å². The molecule has 0 aliphatic carbocycles. The molecule has 0 radical (unpaired) electrons. The molecule has 5 rings (SSSR count). The Morgan fingerprint density at radius 2 is 1.93 bits per heavy atom. The first-order chi connectivity index (χ1) is 14.5. The van der Waals surface area contributed by atoms with E-state index in [0.717, 1.165) is 36.2 Å². The highest BCUT2D eigenvalue weighted by molar-refractivity contribution is 5.84. The number of imidazole rings is 1. The van der Waals surface area contributed by atoms with Crippen molar-refractivity contribution in [2.75, 3.05) is 18.0 Å². The number of nitrogens with one attached hydrogen (secondary N) is 1. The van der Waals surface area contributed by atoms with Gasteiger partial charge in [-0.05, 0) is 56.2 Å². The van der Waals surface area contributed by atoms with Gasteiger partial charge in [-0.1, -0.05) is 6.92 Å². The van der Waals surface area contributed by atoms with Crippen molar-refractivity contribution in [2.24, 2.45) is 0 Å². The zero-order valence-electron chi connectivity index (χ0n) is 17.6. The maximum Gasteiger partial charge on any atom is 0.345 e. The molecule has 1 fully saturated rings.